The Hall–Kier alpha value is -3.68. The second kappa shape index (κ2) is 7.51. The average Bonchev–Trinajstić information content (AvgIpc) is 3.32. The van der Waals surface area contributed by atoms with Crippen molar-refractivity contribution in [2.45, 2.75) is 26.4 Å². The van der Waals surface area contributed by atoms with Crippen LogP contribution in [-0.2, 0) is 17.9 Å². The summed E-state index contributed by atoms with van der Waals surface area (Å²) in [5.41, 5.74) is 1.92. The number of carbonyl (C=O) groups excluding carboxylic acids is 1. The van der Waals surface area contributed by atoms with Crippen LogP contribution in [0.5, 0.6) is 0 Å². The van der Waals surface area contributed by atoms with Gasteiger partial charge in [0.2, 0.25) is 5.91 Å². The summed E-state index contributed by atoms with van der Waals surface area (Å²) in [6, 6.07) is 12.8. The smallest absolute Gasteiger partial charge is 0.321 e. The van der Waals surface area contributed by atoms with Crippen LogP contribution in [0, 0.1) is 0 Å². The number of rotatable bonds is 6. The number of benzene rings is 1. The van der Waals surface area contributed by atoms with E-state index in [4.69, 9.17) is 0 Å². The molecule has 1 aromatic carbocycles. The van der Waals surface area contributed by atoms with Gasteiger partial charge >= 0.3 is 5.69 Å². The van der Waals surface area contributed by atoms with Gasteiger partial charge in [-0.2, -0.15) is 5.10 Å². The van der Waals surface area contributed by atoms with Crippen LogP contribution < -0.4 is 11.0 Å². The number of nitrogens with zero attached hydrogens (tertiary/aromatic N) is 5. The highest BCUT2D eigenvalue weighted by Crippen LogP contribution is 2.17. The lowest BCUT2D eigenvalue weighted by Gasteiger charge is -2.10. The van der Waals surface area contributed by atoms with Crippen molar-refractivity contribution in [2.24, 2.45) is 0 Å². The summed E-state index contributed by atoms with van der Waals surface area (Å²) in [4.78, 5) is 29.9. The minimum absolute atomic E-state index is 0.0799. The van der Waals surface area contributed by atoms with Gasteiger partial charge in [0, 0.05) is 25.1 Å². The monoisotopic (exact) mass is 376 g/mol. The number of imidazole rings is 1. The van der Waals surface area contributed by atoms with Gasteiger partial charge in [0.1, 0.15) is 6.54 Å². The number of aryl methyl sites for hydroxylation is 1. The van der Waals surface area contributed by atoms with E-state index in [1.54, 1.807) is 46.0 Å². The van der Waals surface area contributed by atoms with Crippen LogP contribution in [0.4, 0.5) is 5.69 Å². The number of carbonyl (C=O) groups is 1. The quantitative estimate of drug-likeness (QED) is 0.560. The zero-order valence-electron chi connectivity index (χ0n) is 15.4. The van der Waals surface area contributed by atoms with E-state index in [9.17, 15) is 9.59 Å². The fraction of sp³-hybridized carbons (Fsp3) is 0.200. The molecule has 28 heavy (non-hydrogen) atoms. The van der Waals surface area contributed by atoms with Gasteiger partial charge in [0.05, 0.1) is 16.7 Å². The molecule has 0 fully saturated rings. The number of hydrogen-bond donors (Lipinski definition) is 1. The highest BCUT2D eigenvalue weighted by Gasteiger charge is 2.16. The molecule has 1 N–H and O–H groups in total. The van der Waals surface area contributed by atoms with Gasteiger partial charge in [0.15, 0.2) is 5.82 Å². The summed E-state index contributed by atoms with van der Waals surface area (Å²) < 4.78 is 4.79. The van der Waals surface area contributed by atoms with Gasteiger partial charge in [0.25, 0.3) is 0 Å². The van der Waals surface area contributed by atoms with Crippen molar-refractivity contribution in [1.29, 1.82) is 0 Å². The standard InChI is InChI=1S/C20H20N6O2/c1-2-12-24-16-8-3-4-9-17(16)25(20(24)28)14-18(27)23-15-7-5-10-21-19(15)26-13-6-11-22-26/h3-11,13H,2,12,14H2,1H3,(H,23,27). The molecule has 4 aromatic rings. The van der Waals surface area contributed by atoms with E-state index in [2.05, 4.69) is 15.4 Å². The maximum Gasteiger partial charge on any atom is 0.329 e. The van der Waals surface area contributed by atoms with Crippen LogP contribution >= 0.6 is 0 Å². The topological polar surface area (TPSA) is 86.7 Å². The van der Waals surface area contributed by atoms with Gasteiger partial charge in [-0.15, -0.1) is 0 Å². The first-order valence-electron chi connectivity index (χ1n) is 9.12. The first kappa shape index (κ1) is 17.7. The third-order valence-corrected chi connectivity index (χ3v) is 4.46. The number of pyridine rings is 1. The van der Waals surface area contributed by atoms with Crippen molar-refractivity contribution in [3.8, 4) is 5.82 Å². The first-order chi connectivity index (χ1) is 13.7. The minimum Gasteiger partial charge on any atom is -0.321 e. The molecule has 0 saturated carbocycles. The molecule has 0 bridgehead atoms. The SMILES string of the molecule is CCCn1c(=O)n(CC(=O)Nc2cccnc2-n2cccn2)c2ccccc21. The Morgan fingerprint density at radius 3 is 2.54 bits per heavy atom. The molecule has 0 radical (unpaired) electrons. The fourth-order valence-electron chi connectivity index (χ4n) is 3.27. The highest BCUT2D eigenvalue weighted by molar-refractivity contribution is 5.93. The Morgan fingerprint density at radius 2 is 1.82 bits per heavy atom. The normalized spacial score (nSPS) is 11.0. The average molecular weight is 376 g/mol. The molecule has 0 unspecified atom stereocenters. The second-order valence-electron chi connectivity index (χ2n) is 6.38. The second-order valence-corrected chi connectivity index (χ2v) is 6.38. The van der Waals surface area contributed by atoms with E-state index in [0.717, 1.165) is 17.5 Å². The number of para-hydroxylation sites is 2. The van der Waals surface area contributed by atoms with Crippen LogP contribution in [-0.4, -0.2) is 29.8 Å². The predicted molar refractivity (Wildman–Crippen MR) is 106 cm³/mol. The lowest BCUT2D eigenvalue weighted by atomic mass is 10.3. The summed E-state index contributed by atoms with van der Waals surface area (Å²) in [6.07, 6.45) is 5.86. The Kier molecular flexibility index (Phi) is 4.76. The van der Waals surface area contributed by atoms with Crippen LogP contribution in [0.25, 0.3) is 16.9 Å². The third kappa shape index (κ3) is 3.20. The van der Waals surface area contributed by atoms with Gasteiger partial charge in [-0.3, -0.25) is 13.9 Å². The van der Waals surface area contributed by atoms with E-state index >= 15 is 0 Å². The molecule has 4 rings (SSSR count). The van der Waals surface area contributed by atoms with E-state index in [0.29, 0.717) is 18.1 Å². The van der Waals surface area contributed by atoms with Crippen LogP contribution in [0.3, 0.4) is 0 Å². The van der Waals surface area contributed by atoms with Gasteiger partial charge in [-0.05, 0) is 36.8 Å². The summed E-state index contributed by atoms with van der Waals surface area (Å²) in [5, 5.41) is 7.01. The Balaban J connectivity index is 1.64. The first-order valence-corrected chi connectivity index (χ1v) is 9.12. The van der Waals surface area contributed by atoms with Gasteiger partial charge in [-0.25, -0.2) is 14.5 Å². The summed E-state index contributed by atoms with van der Waals surface area (Å²) in [7, 11) is 0. The zero-order chi connectivity index (χ0) is 19.5. The van der Waals surface area contributed by atoms with Crippen molar-refractivity contribution in [3.05, 3.63) is 71.5 Å². The molecule has 8 nitrogen and oxygen atoms in total. The third-order valence-electron chi connectivity index (χ3n) is 4.46. The molecule has 0 saturated heterocycles. The molecule has 3 aromatic heterocycles. The maximum atomic E-state index is 12.8. The number of nitrogens with one attached hydrogen (secondary N) is 1. The highest BCUT2D eigenvalue weighted by atomic mass is 16.2. The fourth-order valence-corrected chi connectivity index (χ4v) is 3.27. The number of aromatic nitrogens is 5. The largest absolute Gasteiger partial charge is 0.329 e. The molecule has 1 amide bonds. The lowest BCUT2D eigenvalue weighted by Crippen LogP contribution is -2.29. The number of fused-ring (bicyclic) bond motifs is 1. The summed E-state index contributed by atoms with van der Waals surface area (Å²) >= 11 is 0. The van der Waals surface area contributed by atoms with Crippen molar-refractivity contribution in [1.82, 2.24) is 23.9 Å². The Bertz CT molecular complexity index is 1170. The van der Waals surface area contributed by atoms with Crippen LogP contribution in [0.15, 0.2) is 65.8 Å². The van der Waals surface area contributed by atoms with E-state index in [-0.39, 0.29) is 18.1 Å². The summed E-state index contributed by atoms with van der Waals surface area (Å²) in [5.74, 6) is 0.213. The minimum atomic E-state index is -0.303. The summed E-state index contributed by atoms with van der Waals surface area (Å²) in [6.45, 7) is 2.55. The molecular formula is C20H20N6O2. The lowest BCUT2D eigenvalue weighted by molar-refractivity contribution is -0.116. The molecule has 142 valence electrons. The molecule has 0 aliphatic carbocycles. The van der Waals surface area contributed by atoms with E-state index in [1.165, 1.54) is 4.57 Å². The van der Waals surface area contributed by atoms with Crippen molar-refractivity contribution < 1.29 is 4.79 Å². The van der Waals surface area contributed by atoms with Crippen LogP contribution in [0.1, 0.15) is 13.3 Å². The van der Waals surface area contributed by atoms with Crippen molar-refractivity contribution in [2.75, 3.05) is 5.32 Å². The maximum absolute atomic E-state index is 12.8. The number of hydrogen-bond acceptors (Lipinski definition) is 4. The Morgan fingerprint density at radius 1 is 1.04 bits per heavy atom. The molecule has 0 atom stereocenters. The van der Waals surface area contributed by atoms with Gasteiger partial charge in [-0.1, -0.05) is 19.1 Å². The predicted octanol–water partition coefficient (Wildman–Crippen LogP) is 2.43. The van der Waals surface area contributed by atoms with E-state index < -0.39 is 0 Å². The molecule has 0 spiro atoms. The van der Waals surface area contributed by atoms with Crippen molar-refractivity contribution >= 4 is 22.6 Å². The molecule has 0 aliphatic heterocycles. The molecule has 8 heteroatoms. The van der Waals surface area contributed by atoms with Crippen LogP contribution in [0.2, 0.25) is 0 Å². The number of anilines is 1. The zero-order valence-corrected chi connectivity index (χ0v) is 15.4. The van der Waals surface area contributed by atoms with E-state index in [1.807, 2.05) is 31.2 Å². The molecule has 0 aliphatic rings. The number of amides is 1. The van der Waals surface area contributed by atoms with Crippen molar-refractivity contribution in [3.63, 3.8) is 0 Å². The molecular weight excluding hydrogens is 356 g/mol. The Labute approximate surface area is 161 Å². The van der Waals surface area contributed by atoms with Gasteiger partial charge < -0.3 is 5.32 Å². The molecule has 3 heterocycles.